The van der Waals surface area contributed by atoms with E-state index < -0.39 is 0 Å². The molecule has 17 heavy (non-hydrogen) atoms. The first kappa shape index (κ1) is 11.9. The van der Waals surface area contributed by atoms with Crippen molar-refractivity contribution in [2.75, 3.05) is 6.54 Å². The molecule has 0 saturated carbocycles. The highest BCUT2D eigenvalue weighted by Crippen LogP contribution is 2.16. The fourth-order valence-corrected chi connectivity index (χ4v) is 1.89. The lowest BCUT2D eigenvalue weighted by atomic mass is 10.1. The molecule has 0 aromatic carbocycles. The number of aromatic nitrogens is 2. The number of rotatable bonds is 7. The number of nitrogens with one attached hydrogen (secondary N) is 1. The summed E-state index contributed by atoms with van der Waals surface area (Å²) < 4.78 is 7.50. The lowest BCUT2D eigenvalue weighted by molar-refractivity contribution is 0.398. The molecule has 0 fully saturated rings. The van der Waals surface area contributed by atoms with Crippen molar-refractivity contribution in [2.45, 2.75) is 32.4 Å². The highest BCUT2D eigenvalue weighted by Gasteiger charge is 2.10. The monoisotopic (exact) mass is 233 g/mol. The van der Waals surface area contributed by atoms with Crippen LogP contribution in [0, 0.1) is 0 Å². The third kappa shape index (κ3) is 3.46. The summed E-state index contributed by atoms with van der Waals surface area (Å²) in [5, 5.41) is 3.51. The maximum atomic E-state index is 5.41. The molecule has 1 atom stereocenters. The molecule has 1 N–H and O–H groups in total. The van der Waals surface area contributed by atoms with E-state index in [9.17, 15) is 0 Å². The lowest BCUT2D eigenvalue weighted by Gasteiger charge is -2.14. The zero-order valence-corrected chi connectivity index (χ0v) is 10.2. The van der Waals surface area contributed by atoms with E-state index in [0.717, 1.165) is 31.7 Å². The summed E-state index contributed by atoms with van der Waals surface area (Å²) in [4.78, 5) is 4.02. The van der Waals surface area contributed by atoms with Crippen molar-refractivity contribution in [2.24, 2.45) is 0 Å². The van der Waals surface area contributed by atoms with Crippen molar-refractivity contribution in [3.8, 4) is 0 Å². The topological polar surface area (TPSA) is 43.0 Å². The summed E-state index contributed by atoms with van der Waals surface area (Å²) in [7, 11) is 0. The third-order valence-electron chi connectivity index (χ3n) is 2.84. The van der Waals surface area contributed by atoms with Gasteiger partial charge in [-0.15, -0.1) is 0 Å². The van der Waals surface area contributed by atoms with Crippen LogP contribution in [0.4, 0.5) is 0 Å². The molecule has 2 heterocycles. The van der Waals surface area contributed by atoms with E-state index in [1.807, 2.05) is 30.9 Å². The molecule has 2 aromatic rings. The Morgan fingerprint density at radius 3 is 3.12 bits per heavy atom. The molecule has 0 aliphatic heterocycles. The van der Waals surface area contributed by atoms with Crippen molar-refractivity contribution in [3.05, 3.63) is 42.9 Å². The van der Waals surface area contributed by atoms with Gasteiger partial charge in [0, 0.05) is 18.9 Å². The number of nitrogens with zero attached hydrogens (tertiary/aromatic N) is 2. The third-order valence-corrected chi connectivity index (χ3v) is 2.84. The first-order chi connectivity index (χ1) is 8.40. The molecule has 92 valence electrons. The summed E-state index contributed by atoms with van der Waals surface area (Å²) >= 11 is 0. The van der Waals surface area contributed by atoms with Crippen molar-refractivity contribution < 1.29 is 4.42 Å². The second kappa shape index (κ2) is 6.25. The first-order valence-corrected chi connectivity index (χ1v) is 6.12. The van der Waals surface area contributed by atoms with Crippen LogP contribution in [-0.4, -0.2) is 16.1 Å². The quantitative estimate of drug-likeness (QED) is 0.747. The van der Waals surface area contributed by atoms with E-state index >= 15 is 0 Å². The molecule has 4 nitrogen and oxygen atoms in total. The summed E-state index contributed by atoms with van der Waals surface area (Å²) in [5.74, 6) is 1.02. The SMILES string of the molecule is CCC(NCCCn1ccnc1)c1ccco1. The minimum Gasteiger partial charge on any atom is -0.468 e. The molecule has 0 saturated heterocycles. The maximum Gasteiger partial charge on any atom is 0.120 e. The Morgan fingerprint density at radius 1 is 1.53 bits per heavy atom. The van der Waals surface area contributed by atoms with Gasteiger partial charge >= 0.3 is 0 Å². The van der Waals surface area contributed by atoms with Crippen LogP contribution in [0.2, 0.25) is 0 Å². The predicted molar refractivity (Wildman–Crippen MR) is 66.6 cm³/mol. The minimum atomic E-state index is 0.327. The molecule has 0 bridgehead atoms. The first-order valence-electron chi connectivity index (χ1n) is 6.12. The van der Waals surface area contributed by atoms with Gasteiger partial charge in [0.2, 0.25) is 0 Å². The van der Waals surface area contributed by atoms with Gasteiger partial charge in [-0.3, -0.25) is 0 Å². The standard InChI is InChI=1S/C13H19N3O/c1-2-12(13-5-3-10-17-13)15-6-4-8-16-9-7-14-11-16/h3,5,7,9-12,15H,2,4,6,8H2,1H3. The van der Waals surface area contributed by atoms with Gasteiger partial charge in [0.25, 0.3) is 0 Å². The Labute approximate surface area is 102 Å². The summed E-state index contributed by atoms with van der Waals surface area (Å²) in [6.45, 7) is 4.15. The average Bonchev–Trinajstić information content (AvgIpc) is 3.01. The zero-order chi connectivity index (χ0) is 11.9. The van der Waals surface area contributed by atoms with E-state index in [0.29, 0.717) is 6.04 Å². The Kier molecular flexibility index (Phi) is 4.38. The van der Waals surface area contributed by atoms with Gasteiger partial charge in [-0.2, -0.15) is 0 Å². The van der Waals surface area contributed by atoms with E-state index in [4.69, 9.17) is 4.42 Å². The van der Waals surface area contributed by atoms with Crippen LogP contribution in [0.1, 0.15) is 31.6 Å². The van der Waals surface area contributed by atoms with Crippen LogP contribution in [0.5, 0.6) is 0 Å². The molecule has 0 amide bonds. The van der Waals surface area contributed by atoms with E-state index in [1.54, 1.807) is 6.26 Å². The number of hydrogen-bond donors (Lipinski definition) is 1. The molecule has 0 aliphatic carbocycles. The minimum absolute atomic E-state index is 0.327. The van der Waals surface area contributed by atoms with Crippen molar-refractivity contribution in [3.63, 3.8) is 0 Å². The lowest BCUT2D eigenvalue weighted by Crippen LogP contribution is -2.22. The molecule has 4 heteroatoms. The van der Waals surface area contributed by atoms with Gasteiger partial charge < -0.3 is 14.3 Å². The molecule has 2 rings (SSSR count). The Bertz CT molecular complexity index is 394. The van der Waals surface area contributed by atoms with Crippen LogP contribution in [0.15, 0.2) is 41.5 Å². The Balaban J connectivity index is 1.70. The molecule has 0 radical (unpaired) electrons. The number of furan rings is 1. The van der Waals surface area contributed by atoms with Crippen molar-refractivity contribution in [1.29, 1.82) is 0 Å². The second-order valence-corrected chi connectivity index (χ2v) is 4.08. The fourth-order valence-electron chi connectivity index (χ4n) is 1.89. The van der Waals surface area contributed by atoms with Crippen LogP contribution >= 0.6 is 0 Å². The van der Waals surface area contributed by atoms with Crippen LogP contribution in [-0.2, 0) is 6.54 Å². The highest BCUT2D eigenvalue weighted by molar-refractivity contribution is 5.03. The fraction of sp³-hybridized carbons (Fsp3) is 0.462. The van der Waals surface area contributed by atoms with E-state index in [2.05, 4.69) is 21.8 Å². The summed E-state index contributed by atoms with van der Waals surface area (Å²) in [6.07, 6.45) is 9.51. The highest BCUT2D eigenvalue weighted by atomic mass is 16.3. The zero-order valence-electron chi connectivity index (χ0n) is 10.2. The maximum absolute atomic E-state index is 5.41. The van der Waals surface area contributed by atoms with E-state index in [-0.39, 0.29) is 0 Å². The van der Waals surface area contributed by atoms with Crippen LogP contribution in [0.25, 0.3) is 0 Å². The summed E-state index contributed by atoms with van der Waals surface area (Å²) in [6, 6.07) is 4.29. The van der Waals surface area contributed by atoms with Crippen molar-refractivity contribution >= 4 is 0 Å². The molecule has 1 unspecified atom stereocenters. The smallest absolute Gasteiger partial charge is 0.120 e. The van der Waals surface area contributed by atoms with Crippen molar-refractivity contribution in [1.82, 2.24) is 14.9 Å². The average molecular weight is 233 g/mol. The largest absolute Gasteiger partial charge is 0.468 e. The van der Waals surface area contributed by atoms with Gasteiger partial charge in [-0.05, 0) is 31.5 Å². The Morgan fingerprint density at radius 2 is 2.47 bits per heavy atom. The van der Waals surface area contributed by atoms with E-state index in [1.165, 1.54) is 0 Å². The molecular formula is C13H19N3O. The predicted octanol–water partition coefficient (Wildman–Crippen LogP) is 2.61. The van der Waals surface area contributed by atoms with Crippen LogP contribution in [0.3, 0.4) is 0 Å². The number of aryl methyl sites for hydroxylation is 1. The van der Waals surface area contributed by atoms with Gasteiger partial charge in [0.1, 0.15) is 5.76 Å². The number of imidazole rings is 1. The molecule has 0 spiro atoms. The van der Waals surface area contributed by atoms with Gasteiger partial charge in [-0.25, -0.2) is 4.98 Å². The second-order valence-electron chi connectivity index (χ2n) is 4.08. The van der Waals surface area contributed by atoms with Crippen LogP contribution < -0.4 is 5.32 Å². The van der Waals surface area contributed by atoms with Gasteiger partial charge in [-0.1, -0.05) is 6.92 Å². The molecular weight excluding hydrogens is 214 g/mol. The summed E-state index contributed by atoms with van der Waals surface area (Å²) in [5.41, 5.74) is 0. The van der Waals surface area contributed by atoms with Gasteiger partial charge in [0.15, 0.2) is 0 Å². The van der Waals surface area contributed by atoms with Gasteiger partial charge in [0.05, 0.1) is 18.6 Å². The number of hydrogen-bond acceptors (Lipinski definition) is 3. The molecule has 0 aliphatic rings. The molecule has 2 aromatic heterocycles. The Hall–Kier alpha value is -1.55. The normalized spacial score (nSPS) is 12.8.